The van der Waals surface area contributed by atoms with Crippen molar-refractivity contribution in [2.45, 2.75) is 82.3 Å². The average Bonchev–Trinajstić information content (AvgIpc) is 2.95. The summed E-state index contributed by atoms with van der Waals surface area (Å²) in [6.07, 6.45) is 5.12. The number of unbranched alkanes of at least 4 members (excludes halogenated alkanes) is 1. The third kappa shape index (κ3) is 12.8. The highest BCUT2D eigenvalue weighted by Crippen LogP contribution is 2.11. The van der Waals surface area contributed by atoms with Gasteiger partial charge in [-0.3, -0.25) is 24.2 Å². The van der Waals surface area contributed by atoms with E-state index in [9.17, 15) is 24.0 Å². The second kappa shape index (κ2) is 18.4. The molecule has 1 aromatic carbocycles. The Morgan fingerprint density at radius 1 is 0.927 bits per heavy atom. The van der Waals surface area contributed by atoms with Crippen molar-refractivity contribution in [3.63, 3.8) is 0 Å². The number of amides is 4. The van der Waals surface area contributed by atoms with Gasteiger partial charge < -0.3 is 43.3 Å². The first-order chi connectivity index (χ1) is 19.7. The molecule has 0 saturated carbocycles. The molecule has 0 spiro atoms. The van der Waals surface area contributed by atoms with Crippen molar-refractivity contribution < 1.29 is 24.0 Å². The molecule has 1 aromatic rings. The number of benzene rings is 1. The minimum Gasteiger partial charge on any atom is -0.370 e. The maximum atomic E-state index is 13.4. The number of aliphatic imine (C=N–C) groups is 1. The van der Waals surface area contributed by atoms with Crippen molar-refractivity contribution in [3.8, 4) is 0 Å². The van der Waals surface area contributed by atoms with Crippen LogP contribution in [-0.2, 0) is 25.6 Å². The van der Waals surface area contributed by atoms with Crippen LogP contribution in [0.15, 0.2) is 29.3 Å². The number of carbonyl (C=O) groups excluding carboxylic acids is 5. The van der Waals surface area contributed by atoms with Gasteiger partial charge in [0.1, 0.15) is 18.4 Å². The number of rotatable bonds is 9. The molecule has 41 heavy (non-hydrogen) atoms. The van der Waals surface area contributed by atoms with E-state index >= 15 is 0 Å². The van der Waals surface area contributed by atoms with Crippen LogP contribution in [0.25, 0.3) is 0 Å². The van der Waals surface area contributed by atoms with Crippen LogP contribution in [0, 0.1) is 0 Å². The third-order valence-corrected chi connectivity index (χ3v) is 6.73. The first-order valence-electron chi connectivity index (χ1n) is 14.2. The maximum Gasteiger partial charge on any atom is 0.251 e. The summed E-state index contributed by atoms with van der Waals surface area (Å²) < 4.78 is 0. The molecule has 3 atom stereocenters. The summed E-state index contributed by atoms with van der Waals surface area (Å²) >= 11 is 0. The molecule has 13 nitrogen and oxygen atoms in total. The van der Waals surface area contributed by atoms with Gasteiger partial charge in [0.25, 0.3) is 5.91 Å². The van der Waals surface area contributed by atoms with Crippen LogP contribution in [0.3, 0.4) is 0 Å². The zero-order valence-electron chi connectivity index (χ0n) is 23.5. The smallest absolute Gasteiger partial charge is 0.251 e. The molecule has 0 fully saturated rings. The number of aryl methyl sites for hydroxylation is 1. The molecule has 13 heteroatoms. The number of hydrogen-bond donors (Lipinski definition) is 7. The van der Waals surface area contributed by atoms with E-state index in [4.69, 9.17) is 17.2 Å². The number of hydrogen-bond acceptors (Lipinski definition) is 7. The SMILES string of the molecule is NCCCC[C@@H]1NC(=O)c2cccc(c2)CCC(=O)NCCCC[C@@H](C=O)NC(=O)[C@H](CCCN=C(N)N)NC1=O. The number of guanidine groups is 1. The minimum absolute atomic E-state index is 0.0846. The number of aldehydes is 1. The molecule has 0 radical (unpaired) electrons. The minimum atomic E-state index is -0.985. The number of nitrogens with two attached hydrogens (primary N) is 3. The van der Waals surface area contributed by atoms with E-state index < -0.39 is 35.8 Å². The molecule has 1 aliphatic rings. The molecule has 4 amide bonds. The quantitative estimate of drug-likeness (QED) is 0.0870. The van der Waals surface area contributed by atoms with Gasteiger partial charge in [-0.1, -0.05) is 12.1 Å². The Morgan fingerprint density at radius 2 is 1.66 bits per heavy atom. The Balaban J connectivity index is 2.31. The van der Waals surface area contributed by atoms with Gasteiger partial charge in [0.2, 0.25) is 17.7 Å². The summed E-state index contributed by atoms with van der Waals surface area (Å²) in [5.74, 6) is -1.70. The summed E-state index contributed by atoms with van der Waals surface area (Å²) in [6.45, 7) is 1.12. The lowest BCUT2D eigenvalue weighted by Crippen LogP contribution is -2.55. The summed E-state index contributed by atoms with van der Waals surface area (Å²) in [7, 11) is 0. The average molecular weight is 573 g/mol. The van der Waals surface area contributed by atoms with Crippen LogP contribution in [0.1, 0.15) is 73.7 Å². The van der Waals surface area contributed by atoms with Gasteiger partial charge in [0.05, 0.1) is 6.04 Å². The highest BCUT2D eigenvalue weighted by atomic mass is 16.2. The fraction of sp³-hybridized carbons (Fsp3) is 0.571. The molecule has 0 aromatic heterocycles. The Bertz CT molecular complexity index is 1060. The second-order valence-corrected chi connectivity index (χ2v) is 10.1. The van der Waals surface area contributed by atoms with Crippen LogP contribution in [-0.4, -0.2) is 73.6 Å². The molecular weight excluding hydrogens is 528 g/mol. The predicted molar refractivity (Wildman–Crippen MR) is 156 cm³/mol. The van der Waals surface area contributed by atoms with Gasteiger partial charge in [0, 0.05) is 25.1 Å². The molecule has 1 aliphatic heterocycles. The molecule has 10 N–H and O–H groups in total. The molecule has 226 valence electrons. The standard InChI is InChI=1S/C28H44N8O5/c29-14-3-1-10-22-27(41)36-23(11-6-16-33-28(30)31)26(40)34-21(18-37)9-2-4-15-32-24(38)13-12-19-7-5-8-20(17-19)25(39)35-22/h5,7-8,17-18,21-23H,1-4,6,9-16,29H2,(H,32,38)(H,34,40)(H,35,39)(H,36,41)(H4,30,31,33)/t21-,22-,23-/m0/s1. The Morgan fingerprint density at radius 3 is 2.39 bits per heavy atom. The Labute approximate surface area is 240 Å². The van der Waals surface area contributed by atoms with Gasteiger partial charge >= 0.3 is 0 Å². The molecule has 2 rings (SSSR count). The lowest BCUT2D eigenvalue weighted by atomic mass is 10.0. The summed E-state index contributed by atoms with van der Waals surface area (Å²) in [5.41, 5.74) is 17.6. The lowest BCUT2D eigenvalue weighted by molar-refractivity contribution is -0.131. The van der Waals surface area contributed by atoms with Crippen molar-refractivity contribution in [1.29, 1.82) is 0 Å². The van der Waals surface area contributed by atoms with Crippen LogP contribution >= 0.6 is 0 Å². The molecule has 2 bridgehead atoms. The summed E-state index contributed by atoms with van der Waals surface area (Å²) in [6, 6.07) is 4.25. The Kier molecular flexibility index (Phi) is 14.9. The lowest BCUT2D eigenvalue weighted by Gasteiger charge is -2.24. The molecular formula is C28H44N8O5. The van der Waals surface area contributed by atoms with Crippen molar-refractivity contribution in [3.05, 3.63) is 35.4 Å². The number of carbonyl (C=O) groups is 5. The molecule has 1 heterocycles. The van der Waals surface area contributed by atoms with E-state index in [0.29, 0.717) is 76.3 Å². The van der Waals surface area contributed by atoms with E-state index in [1.807, 2.05) is 6.07 Å². The highest BCUT2D eigenvalue weighted by Gasteiger charge is 2.28. The van der Waals surface area contributed by atoms with Gasteiger partial charge in [-0.25, -0.2) is 0 Å². The van der Waals surface area contributed by atoms with Crippen molar-refractivity contribution in [2.75, 3.05) is 19.6 Å². The van der Waals surface area contributed by atoms with Gasteiger partial charge in [0.15, 0.2) is 5.96 Å². The van der Waals surface area contributed by atoms with Crippen LogP contribution < -0.4 is 38.5 Å². The zero-order chi connectivity index (χ0) is 30.0. The normalized spacial score (nSPS) is 21.4. The van der Waals surface area contributed by atoms with Crippen LogP contribution in [0.5, 0.6) is 0 Å². The van der Waals surface area contributed by atoms with Crippen LogP contribution in [0.2, 0.25) is 0 Å². The van der Waals surface area contributed by atoms with E-state index in [0.717, 1.165) is 5.56 Å². The van der Waals surface area contributed by atoms with Crippen molar-refractivity contribution in [2.24, 2.45) is 22.2 Å². The topological polar surface area (TPSA) is 224 Å². The van der Waals surface area contributed by atoms with Gasteiger partial charge in [-0.2, -0.15) is 0 Å². The van der Waals surface area contributed by atoms with Gasteiger partial charge in [-0.05, 0) is 82.0 Å². The van der Waals surface area contributed by atoms with Crippen molar-refractivity contribution >= 4 is 35.9 Å². The summed E-state index contributed by atoms with van der Waals surface area (Å²) in [5, 5.41) is 11.1. The number of fused-ring (bicyclic) bond motifs is 2. The van der Waals surface area contributed by atoms with E-state index in [2.05, 4.69) is 26.3 Å². The van der Waals surface area contributed by atoms with E-state index in [1.165, 1.54) is 0 Å². The number of nitrogens with zero attached hydrogens (tertiary/aromatic N) is 1. The molecule has 0 aliphatic carbocycles. The summed E-state index contributed by atoms with van der Waals surface area (Å²) in [4.78, 5) is 67.7. The largest absolute Gasteiger partial charge is 0.370 e. The second-order valence-electron chi connectivity index (χ2n) is 10.1. The Hall–Kier alpha value is -4.00. The first kappa shape index (κ1) is 33.2. The molecule has 0 unspecified atom stereocenters. The van der Waals surface area contributed by atoms with Crippen LogP contribution in [0.4, 0.5) is 0 Å². The first-order valence-corrected chi connectivity index (χ1v) is 14.2. The third-order valence-electron chi connectivity index (χ3n) is 6.73. The zero-order valence-corrected chi connectivity index (χ0v) is 23.5. The predicted octanol–water partition coefficient (Wildman–Crippen LogP) is -0.631. The monoisotopic (exact) mass is 572 g/mol. The van der Waals surface area contributed by atoms with Crippen molar-refractivity contribution in [1.82, 2.24) is 21.3 Å². The molecule has 0 saturated heterocycles. The fourth-order valence-corrected chi connectivity index (χ4v) is 4.44. The number of nitrogens with one attached hydrogen (secondary N) is 4. The van der Waals surface area contributed by atoms with Gasteiger partial charge in [-0.15, -0.1) is 0 Å². The maximum absolute atomic E-state index is 13.4. The fourth-order valence-electron chi connectivity index (χ4n) is 4.44. The highest BCUT2D eigenvalue weighted by molar-refractivity contribution is 5.98. The van der Waals surface area contributed by atoms with E-state index in [1.54, 1.807) is 18.2 Å². The van der Waals surface area contributed by atoms with E-state index in [-0.39, 0.29) is 31.3 Å².